The Morgan fingerprint density at radius 2 is 1.44 bits per heavy atom. The first-order valence-electron chi connectivity index (χ1n) is 10.7. The van der Waals surface area contributed by atoms with Gasteiger partial charge in [0, 0.05) is 48.4 Å². The van der Waals surface area contributed by atoms with Crippen LogP contribution in [0.4, 0.5) is 5.69 Å². The monoisotopic (exact) mass is 505 g/mol. The van der Waals surface area contributed by atoms with Crippen LogP contribution in [-0.2, 0) is 19.9 Å². The zero-order chi connectivity index (χ0) is 25.6. The predicted molar refractivity (Wildman–Crippen MR) is 131 cm³/mol. The van der Waals surface area contributed by atoms with E-state index in [1.807, 2.05) is 0 Å². The van der Waals surface area contributed by atoms with E-state index >= 15 is 0 Å². The minimum atomic E-state index is -1.37. The first-order chi connectivity index (χ1) is 17.2. The van der Waals surface area contributed by atoms with Crippen LogP contribution < -0.4 is 30.8 Å². The average molecular weight is 506 g/mol. The average Bonchev–Trinajstić information content (AvgIpc) is 3.10. The van der Waals surface area contributed by atoms with E-state index in [1.54, 1.807) is 42.5 Å². The number of thiocarbonyl (C=S) groups is 1. The highest BCUT2D eigenvalue weighted by Crippen LogP contribution is 2.57. The Morgan fingerprint density at radius 3 is 1.97 bits per heavy atom. The maximum Gasteiger partial charge on any atom is 0.340 e. The molecule has 0 radical (unpaired) electrons. The molecule has 0 aliphatic carbocycles. The summed E-state index contributed by atoms with van der Waals surface area (Å²) in [5, 5.41) is 3.06. The first kappa shape index (κ1) is 23.3. The molecule has 1 spiro atoms. The highest BCUT2D eigenvalue weighted by Gasteiger charge is 2.53. The fraction of sp³-hybridized carbons (Fsp3) is 0.120. The van der Waals surface area contributed by atoms with Gasteiger partial charge in [0.05, 0.1) is 5.56 Å². The lowest BCUT2D eigenvalue weighted by atomic mass is 9.77. The number of fused-ring (bicyclic) bond motifs is 6. The van der Waals surface area contributed by atoms with Gasteiger partial charge in [0.2, 0.25) is 0 Å². The fourth-order valence-electron chi connectivity index (χ4n) is 4.39. The molecule has 0 saturated heterocycles. The normalized spacial score (nSPS) is 13.9. The maximum atomic E-state index is 13.2. The molecule has 10 nitrogen and oxygen atoms in total. The smallest absolute Gasteiger partial charge is 0.340 e. The lowest BCUT2D eigenvalue weighted by Crippen LogP contribution is -2.34. The Labute approximate surface area is 210 Å². The molecule has 4 N–H and O–H groups in total. The molecule has 2 aliphatic heterocycles. The molecule has 0 amide bonds. The van der Waals surface area contributed by atoms with Crippen LogP contribution >= 0.6 is 12.2 Å². The van der Waals surface area contributed by atoms with Crippen LogP contribution in [-0.4, -0.2) is 23.0 Å². The zero-order valence-corrected chi connectivity index (χ0v) is 19.9. The summed E-state index contributed by atoms with van der Waals surface area (Å²) >= 11 is 5.05. The van der Waals surface area contributed by atoms with Crippen LogP contribution in [0, 0.1) is 0 Å². The number of nitrogens with one attached hydrogen (secondary N) is 2. The number of carbonyl (C=O) groups excluding carboxylic acids is 3. The molecular formula is C25H19N3O7S. The van der Waals surface area contributed by atoms with Crippen molar-refractivity contribution in [2.24, 2.45) is 5.84 Å². The van der Waals surface area contributed by atoms with Crippen molar-refractivity contribution in [3.8, 4) is 23.0 Å². The minimum Gasteiger partial charge on any atom is -0.456 e. The predicted octanol–water partition coefficient (Wildman–Crippen LogP) is 3.27. The van der Waals surface area contributed by atoms with Gasteiger partial charge in [-0.05, 0) is 48.6 Å². The molecule has 2 heterocycles. The van der Waals surface area contributed by atoms with E-state index in [0.29, 0.717) is 39.4 Å². The third-order valence-electron chi connectivity index (χ3n) is 5.66. The Bertz CT molecular complexity index is 1400. The second-order valence-corrected chi connectivity index (χ2v) is 8.44. The highest BCUT2D eigenvalue weighted by molar-refractivity contribution is 7.80. The number of benzene rings is 3. The van der Waals surface area contributed by atoms with E-state index in [4.69, 9.17) is 37.0 Å². The maximum absolute atomic E-state index is 13.2. The highest BCUT2D eigenvalue weighted by atomic mass is 32.1. The van der Waals surface area contributed by atoms with Crippen LogP contribution in [0.3, 0.4) is 0 Å². The van der Waals surface area contributed by atoms with E-state index in [9.17, 15) is 14.4 Å². The molecule has 5 rings (SSSR count). The molecule has 11 heteroatoms. The molecule has 0 bridgehead atoms. The number of hydrogen-bond acceptors (Lipinski definition) is 9. The molecule has 36 heavy (non-hydrogen) atoms. The van der Waals surface area contributed by atoms with Crippen molar-refractivity contribution >= 4 is 40.9 Å². The van der Waals surface area contributed by atoms with Gasteiger partial charge in [-0.3, -0.25) is 9.59 Å². The zero-order valence-electron chi connectivity index (χ0n) is 19.0. The summed E-state index contributed by atoms with van der Waals surface area (Å²) in [6, 6.07) is 14.7. The van der Waals surface area contributed by atoms with Crippen LogP contribution in [0.2, 0.25) is 0 Å². The van der Waals surface area contributed by atoms with Gasteiger partial charge < -0.3 is 29.7 Å². The van der Waals surface area contributed by atoms with E-state index in [2.05, 4.69) is 10.7 Å². The van der Waals surface area contributed by atoms with Gasteiger partial charge in [-0.25, -0.2) is 10.6 Å². The number of carbonyl (C=O) groups is 3. The Kier molecular flexibility index (Phi) is 5.58. The van der Waals surface area contributed by atoms with Crippen LogP contribution in [0.5, 0.6) is 23.0 Å². The summed E-state index contributed by atoms with van der Waals surface area (Å²) < 4.78 is 22.7. The van der Waals surface area contributed by atoms with Crippen LogP contribution in [0.1, 0.15) is 40.9 Å². The summed E-state index contributed by atoms with van der Waals surface area (Å²) in [4.78, 5) is 36.2. The van der Waals surface area contributed by atoms with Gasteiger partial charge in [-0.2, -0.15) is 0 Å². The van der Waals surface area contributed by atoms with Crippen molar-refractivity contribution in [2.45, 2.75) is 19.4 Å². The summed E-state index contributed by atoms with van der Waals surface area (Å²) in [6.45, 7) is 2.57. The number of hydrogen-bond donors (Lipinski definition) is 3. The second kappa shape index (κ2) is 8.63. The van der Waals surface area contributed by atoms with Crippen LogP contribution in [0.25, 0.3) is 0 Å². The molecule has 0 aromatic heterocycles. The lowest BCUT2D eigenvalue weighted by Gasteiger charge is -2.36. The molecule has 182 valence electrons. The summed E-state index contributed by atoms with van der Waals surface area (Å²) in [6.07, 6.45) is 0. The van der Waals surface area contributed by atoms with Crippen molar-refractivity contribution in [1.29, 1.82) is 0 Å². The third-order valence-corrected chi connectivity index (χ3v) is 5.88. The summed E-state index contributed by atoms with van der Waals surface area (Å²) in [7, 11) is 0. The second-order valence-electron chi connectivity index (χ2n) is 8.03. The Balaban J connectivity index is 1.71. The van der Waals surface area contributed by atoms with Crippen LogP contribution in [0.15, 0.2) is 54.6 Å². The van der Waals surface area contributed by atoms with Crippen molar-refractivity contribution in [2.75, 3.05) is 5.32 Å². The number of ether oxygens (including phenoxy) is 4. The molecule has 3 aromatic carbocycles. The van der Waals surface area contributed by atoms with Gasteiger partial charge in [-0.1, -0.05) is 6.07 Å². The molecule has 0 fully saturated rings. The van der Waals surface area contributed by atoms with E-state index in [-0.39, 0.29) is 16.6 Å². The SMILES string of the molecule is CC(=O)Oc1ccc2c(c1)Oc1cc(OC(C)=O)ccc1C21OC(=O)c2cc(NC(=S)NN)ccc21. The Morgan fingerprint density at radius 1 is 0.889 bits per heavy atom. The Hall–Kier alpha value is -4.48. The minimum absolute atomic E-state index is 0.175. The van der Waals surface area contributed by atoms with Crippen molar-refractivity contribution in [3.05, 3.63) is 76.9 Å². The molecule has 0 atom stereocenters. The number of esters is 3. The molecule has 3 aromatic rings. The lowest BCUT2D eigenvalue weighted by molar-refractivity contribution is -0.132. The van der Waals surface area contributed by atoms with E-state index < -0.39 is 23.5 Å². The number of rotatable bonds is 3. The molecule has 2 aliphatic rings. The van der Waals surface area contributed by atoms with Gasteiger partial charge in [-0.15, -0.1) is 0 Å². The number of nitrogens with two attached hydrogens (primary N) is 1. The largest absolute Gasteiger partial charge is 0.456 e. The third kappa shape index (κ3) is 3.80. The topological polar surface area (TPSA) is 138 Å². The first-order valence-corrected chi connectivity index (χ1v) is 11.1. The molecule has 0 saturated carbocycles. The summed E-state index contributed by atoms with van der Waals surface area (Å²) in [5.41, 5.74) is 3.42. The number of hydrazine groups is 1. The van der Waals surface area contributed by atoms with Gasteiger partial charge >= 0.3 is 17.9 Å². The number of anilines is 1. The van der Waals surface area contributed by atoms with E-state index in [0.717, 1.165) is 0 Å². The van der Waals surface area contributed by atoms with E-state index in [1.165, 1.54) is 26.0 Å². The molecule has 0 unspecified atom stereocenters. The van der Waals surface area contributed by atoms with Gasteiger partial charge in [0.1, 0.15) is 23.0 Å². The molecular weight excluding hydrogens is 486 g/mol. The van der Waals surface area contributed by atoms with Crippen molar-refractivity contribution in [1.82, 2.24) is 5.43 Å². The van der Waals surface area contributed by atoms with Gasteiger partial charge in [0.25, 0.3) is 0 Å². The van der Waals surface area contributed by atoms with Crippen molar-refractivity contribution < 1.29 is 33.3 Å². The summed E-state index contributed by atoms with van der Waals surface area (Å²) in [5.74, 6) is 4.89. The van der Waals surface area contributed by atoms with Crippen molar-refractivity contribution in [3.63, 3.8) is 0 Å². The standard InChI is InChI=1S/C25H19N3O7S/c1-12(29)32-15-4-7-19-21(10-15)34-22-11-16(33-13(2)30)5-8-20(22)25(19)18-6-3-14(27-24(36)28-26)9-17(18)23(31)35-25/h3-11H,26H2,1-2H3,(H2,27,28,36). The fourth-order valence-corrected chi connectivity index (χ4v) is 4.51. The van der Waals surface area contributed by atoms with Gasteiger partial charge in [0.15, 0.2) is 10.7 Å². The quantitative estimate of drug-likeness (QED) is 0.159.